The van der Waals surface area contributed by atoms with Crippen molar-refractivity contribution in [3.8, 4) is 0 Å². The number of aryl methyl sites for hydroxylation is 1. The van der Waals surface area contributed by atoms with E-state index in [4.69, 9.17) is 5.73 Å². The lowest BCUT2D eigenvalue weighted by molar-refractivity contribution is 0.526. The first-order valence-corrected chi connectivity index (χ1v) is 7.36. The summed E-state index contributed by atoms with van der Waals surface area (Å²) >= 11 is 1.72. The lowest BCUT2D eigenvalue weighted by Gasteiger charge is -2.12. The van der Waals surface area contributed by atoms with Gasteiger partial charge in [-0.2, -0.15) is 0 Å². The van der Waals surface area contributed by atoms with Gasteiger partial charge in [0, 0.05) is 24.2 Å². The molecular weight excluding hydrogens is 258 g/mol. The summed E-state index contributed by atoms with van der Waals surface area (Å²) in [6.45, 7) is 4.67. The molecule has 2 aromatic rings. The summed E-state index contributed by atoms with van der Waals surface area (Å²) in [6, 6.07) is 4.41. The largest absolute Gasteiger partial charge is 0.324 e. The van der Waals surface area contributed by atoms with Gasteiger partial charge in [0.25, 0.3) is 0 Å². The van der Waals surface area contributed by atoms with Crippen molar-refractivity contribution in [1.82, 2.24) is 19.7 Å². The second kappa shape index (κ2) is 6.68. The van der Waals surface area contributed by atoms with Crippen LogP contribution in [0.2, 0.25) is 0 Å². The molecule has 6 heteroatoms. The van der Waals surface area contributed by atoms with Crippen molar-refractivity contribution in [2.45, 2.75) is 38.0 Å². The molecule has 102 valence electrons. The Kier molecular flexibility index (Phi) is 4.93. The topological polar surface area (TPSA) is 69.6 Å². The third kappa shape index (κ3) is 3.54. The normalized spacial score (nSPS) is 11.2. The molecule has 0 aliphatic heterocycles. The van der Waals surface area contributed by atoms with Gasteiger partial charge < -0.3 is 10.3 Å². The first kappa shape index (κ1) is 14.0. The summed E-state index contributed by atoms with van der Waals surface area (Å²) in [5.41, 5.74) is 6.97. The van der Waals surface area contributed by atoms with Crippen LogP contribution in [0.4, 0.5) is 0 Å². The number of nitrogens with two attached hydrogens (primary N) is 1. The van der Waals surface area contributed by atoms with Gasteiger partial charge in [-0.1, -0.05) is 11.8 Å². The Morgan fingerprint density at radius 1 is 1.26 bits per heavy atom. The highest BCUT2D eigenvalue weighted by atomic mass is 32.2. The number of nitrogens with zero attached hydrogens (tertiary/aromatic N) is 4. The summed E-state index contributed by atoms with van der Waals surface area (Å²) in [4.78, 5) is 4.02. The Morgan fingerprint density at radius 3 is 2.63 bits per heavy atom. The molecule has 5 nitrogen and oxygen atoms in total. The first-order chi connectivity index (χ1) is 9.22. The number of hydrogen-bond acceptors (Lipinski definition) is 5. The Morgan fingerprint density at radius 2 is 2.00 bits per heavy atom. The van der Waals surface area contributed by atoms with Gasteiger partial charge in [0.1, 0.15) is 5.82 Å². The molecule has 0 saturated heterocycles. The van der Waals surface area contributed by atoms with E-state index in [0.29, 0.717) is 12.6 Å². The fraction of sp³-hybridized carbons (Fsp3) is 0.462. The van der Waals surface area contributed by atoms with E-state index in [1.54, 1.807) is 11.8 Å². The molecule has 0 bridgehead atoms. The summed E-state index contributed by atoms with van der Waals surface area (Å²) in [6.07, 6.45) is 4.64. The third-order valence-corrected chi connectivity index (χ3v) is 3.75. The molecule has 0 radical (unpaired) electrons. The SMILES string of the molecule is CC(C)n1c(CN)nnc1SCCc1ccncc1. The number of thioether (sulfide) groups is 1. The van der Waals surface area contributed by atoms with E-state index in [0.717, 1.165) is 23.2 Å². The molecular formula is C13H19N5S. The Labute approximate surface area is 117 Å². The average molecular weight is 277 g/mol. The van der Waals surface area contributed by atoms with Crippen molar-refractivity contribution in [3.05, 3.63) is 35.9 Å². The number of aromatic nitrogens is 4. The first-order valence-electron chi connectivity index (χ1n) is 6.38. The lowest BCUT2D eigenvalue weighted by Crippen LogP contribution is -2.11. The van der Waals surface area contributed by atoms with E-state index < -0.39 is 0 Å². The second-order valence-electron chi connectivity index (χ2n) is 4.52. The van der Waals surface area contributed by atoms with Crippen LogP contribution in [-0.2, 0) is 13.0 Å². The second-order valence-corrected chi connectivity index (χ2v) is 5.58. The Bertz CT molecular complexity index is 509. The minimum Gasteiger partial charge on any atom is -0.324 e. The van der Waals surface area contributed by atoms with Gasteiger partial charge in [-0.3, -0.25) is 4.98 Å². The molecule has 2 aromatic heterocycles. The van der Waals surface area contributed by atoms with Gasteiger partial charge in [0.2, 0.25) is 0 Å². The standard InChI is InChI=1S/C13H19N5S/c1-10(2)18-12(9-14)16-17-13(18)19-8-5-11-3-6-15-7-4-11/h3-4,6-7,10H,5,8-9,14H2,1-2H3. The smallest absolute Gasteiger partial charge is 0.191 e. The van der Waals surface area contributed by atoms with Gasteiger partial charge in [0.15, 0.2) is 5.16 Å². The molecule has 0 aliphatic carbocycles. The predicted molar refractivity (Wildman–Crippen MR) is 77.0 cm³/mol. The Hall–Kier alpha value is -1.40. The van der Waals surface area contributed by atoms with E-state index >= 15 is 0 Å². The van der Waals surface area contributed by atoms with Crippen LogP contribution in [0.15, 0.2) is 29.7 Å². The highest BCUT2D eigenvalue weighted by molar-refractivity contribution is 7.99. The van der Waals surface area contributed by atoms with Crippen molar-refractivity contribution in [2.24, 2.45) is 5.73 Å². The molecule has 2 N–H and O–H groups in total. The summed E-state index contributed by atoms with van der Waals surface area (Å²) < 4.78 is 2.11. The zero-order valence-electron chi connectivity index (χ0n) is 11.3. The molecule has 0 spiro atoms. The molecule has 19 heavy (non-hydrogen) atoms. The van der Waals surface area contributed by atoms with Gasteiger partial charge in [0.05, 0.1) is 6.54 Å². The van der Waals surface area contributed by atoms with Crippen molar-refractivity contribution >= 4 is 11.8 Å². The van der Waals surface area contributed by atoms with Crippen molar-refractivity contribution in [3.63, 3.8) is 0 Å². The minimum atomic E-state index is 0.331. The van der Waals surface area contributed by atoms with Crippen molar-refractivity contribution in [2.75, 3.05) is 5.75 Å². The lowest BCUT2D eigenvalue weighted by atomic mass is 10.2. The van der Waals surface area contributed by atoms with Crippen LogP contribution in [0.1, 0.15) is 31.3 Å². The van der Waals surface area contributed by atoms with Gasteiger partial charge in [-0.15, -0.1) is 10.2 Å². The molecule has 0 fully saturated rings. The van der Waals surface area contributed by atoms with Crippen LogP contribution in [0.25, 0.3) is 0 Å². The monoisotopic (exact) mass is 277 g/mol. The quantitative estimate of drug-likeness (QED) is 0.818. The summed E-state index contributed by atoms with van der Waals surface area (Å²) in [7, 11) is 0. The van der Waals surface area contributed by atoms with Crippen molar-refractivity contribution in [1.29, 1.82) is 0 Å². The number of hydrogen-bond donors (Lipinski definition) is 1. The van der Waals surface area contributed by atoms with Crippen LogP contribution in [0, 0.1) is 0 Å². The fourth-order valence-corrected chi connectivity index (χ4v) is 2.95. The third-order valence-electron chi connectivity index (χ3n) is 2.81. The van der Waals surface area contributed by atoms with E-state index in [1.807, 2.05) is 24.5 Å². The minimum absolute atomic E-state index is 0.331. The molecule has 0 atom stereocenters. The van der Waals surface area contributed by atoms with E-state index in [-0.39, 0.29) is 0 Å². The number of rotatable bonds is 6. The molecule has 2 rings (SSSR count). The van der Waals surface area contributed by atoms with Crippen LogP contribution >= 0.6 is 11.8 Å². The molecule has 0 saturated carbocycles. The average Bonchev–Trinajstić information content (AvgIpc) is 2.83. The molecule has 0 amide bonds. The molecule has 2 heterocycles. The molecule has 0 aromatic carbocycles. The molecule has 0 unspecified atom stereocenters. The van der Waals surface area contributed by atoms with Crippen LogP contribution < -0.4 is 5.73 Å². The maximum Gasteiger partial charge on any atom is 0.191 e. The van der Waals surface area contributed by atoms with Crippen LogP contribution in [0.3, 0.4) is 0 Å². The van der Waals surface area contributed by atoms with Crippen molar-refractivity contribution < 1.29 is 0 Å². The predicted octanol–water partition coefficient (Wildman–Crippen LogP) is 2.05. The van der Waals surface area contributed by atoms with Gasteiger partial charge >= 0.3 is 0 Å². The highest BCUT2D eigenvalue weighted by Crippen LogP contribution is 2.22. The zero-order valence-corrected chi connectivity index (χ0v) is 12.1. The van der Waals surface area contributed by atoms with Gasteiger partial charge in [-0.25, -0.2) is 0 Å². The van der Waals surface area contributed by atoms with E-state index in [2.05, 4.69) is 33.6 Å². The zero-order chi connectivity index (χ0) is 13.7. The van der Waals surface area contributed by atoms with Gasteiger partial charge in [-0.05, 0) is 38.0 Å². The van der Waals surface area contributed by atoms with E-state index in [9.17, 15) is 0 Å². The maximum absolute atomic E-state index is 5.68. The summed E-state index contributed by atoms with van der Waals surface area (Å²) in [5.74, 6) is 1.82. The van der Waals surface area contributed by atoms with Crippen LogP contribution in [0.5, 0.6) is 0 Å². The Balaban J connectivity index is 1.98. The van der Waals surface area contributed by atoms with E-state index in [1.165, 1.54) is 5.56 Å². The summed E-state index contributed by atoms with van der Waals surface area (Å²) in [5, 5.41) is 9.31. The fourth-order valence-electron chi connectivity index (χ4n) is 1.87. The highest BCUT2D eigenvalue weighted by Gasteiger charge is 2.13. The van der Waals surface area contributed by atoms with Crippen LogP contribution in [-0.4, -0.2) is 25.5 Å². The number of pyridine rings is 1. The maximum atomic E-state index is 5.68. The molecule has 0 aliphatic rings.